The first-order chi connectivity index (χ1) is 12.6. The molecule has 0 spiro atoms. The Labute approximate surface area is 152 Å². The van der Waals surface area contributed by atoms with Gasteiger partial charge in [-0.15, -0.1) is 0 Å². The molecule has 4 atom stereocenters. The van der Waals surface area contributed by atoms with E-state index in [-0.39, 0.29) is 19.3 Å². The second kappa shape index (κ2) is 10.2. The number of methoxy groups -OCH3 is 3. The van der Waals surface area contributed by atoms with Gasteiger partial charge < -0.3 is 33.2 Å². The van der Waals surface area contributed by atoms with Gasteiger partial charge in [0.05, 0.1) is 5.56 Å². The summed E-state index contributed by atoms with van der Waals surface area (Å²) in [5.74, 6) is -0.341. The Morgan fingerprint density at radius 2 is 1.65 bits per heavy atom. The quantitative estimate of drug-likeness (QED) is 0.481. The smallest absolute Gasteiger partial charge is 0.338 e. The van der Waals surface area contributed by atoms with E-state index < -0.39 is 30.6 Å². The van der Waals surface area contributed by atoms with Gasteiger partial charge in [0.1, 0.15) is 25.4 Å². The molecule has 1 aromatic carbocycles. The van der Waals surface area contributed by atoms with Gasteiger partial charge in [0.25, 0.3) is 0 Å². The molecule has 0 bridgehead atoms. The molecule has 0 saturated carbocycles. The molecule has 2 rings (SSSR count). The Hall–Kier alpha value is -1.97. The van der Waals surface area contributed by atoms with Crippen LogP contribution < -0.4 is 0 Å². The summed E-state index contributed by atoms with van der Waals surface area (Å²) < 4.78 is 37.7. The molecular formula is C18H24O8. The first-order valence-corrected chi connectivity index (χ1v) is 7.97. The van der Waals surface area contributed by atoms with Gasteiger partial charge in [-0.3, -0.25) is 0 Å². The third kappa shape index (κ3) is 5.03. The van der Waals surface area contributed by atoms with Gasteiger partial charge >= 0.3 is 5.97 Å². The highest BCUT2D eigenvalue weighted by Gasteiger charge is 2.47. The molecule has 26 heavy (non-hydrogen) atoms. The van der Waals surface area contributed by atoms with Gasteiger partial charge in [-0.25, -0.2) is 4.79 Å². The standard InChI is InChI=1S/C18H24O8/c1-12-14(26-17(19)13-8-6-5-7-9-13)15(23-10-20-2)16(24-11-21-3)18(22-4)25-12/h5-9,14-16,18H,1,10-11H2,2-4H3/t14-,15-,16+,18+/m1/s1. The molecule has 0 unspecified atom stereocenters. The van der Waals surface area contributed by atoms with Crippen LogP contribution in [0.25, 0.3) is 0 Å². The number of hydrogen-bond acceptors (Lipinski definition) is 8. The van der Waals surface area contributed by atoms with E-state index in [1.165, 1.54) is 21.3 Å². The average molecular weight is 368 g/mol. The highest BCUT2D eigenvalue weighted by molar-refractivity contribution is 5.89. The zero-order valence-electron chi connectivity index (χ0n) is 15.1. The van der Waals surface area contributed by atoms with Gasteiger partial charge in [-0.1, -0.05) is 24.8 Å². The molecule has 1 fully saturated rings. The normalized spacial score (nSPS) is 25.6. The van der Waals surface area contributed by atoms with Crippen molar-refractivity contribution in [3.8, 4) is 0 Å². The lowest BCUT2D eigenvalue weighted by Gasteiger charge is -2.41. The largest absolute Gasteiger partial charge is 0.463 e. The van der Waals surface area contributed by atoms with E-state index in [0.29, 0.717) is 5.56 Å². The van der Waals surface area contributed by atoms with Crippen molar-refractivity contribution >= 4 is 5.97 Å². The Balaban J connectivity index is 2.21. The van der Waals surface area contributed by atoms with Gasteiger partial charge in [0.15, 0.2) is 12.2 Å². The topological polar surface area (TPSA) is 81.7 Å². The van der Waals surface area contributed by atoms with Crippen LogP contribution in [-0.4, -0.2) is 65.5 Å². The molecule has 0 radical (unpaired) electrons. The third-order valence-corrected chi connectivity index (χ3v) is 3.71. The van der Waals surface area contributed by atoms with Crippen LogP contribution in [0, 0.1) is 0 Å². The third-order valence-electron chi connectivity index (χ3n) is 3.71. The molecular weight excluding hydrogens is 344 g/mol. The van der Waals surface area contributed by atoms with Crippen molar-refractivity contribution in [3.05, 3.63) is 48.2 Å². The minimum Gasteiger partial charge on any atom is -0.463 e. The number of rotatable bonds is 9. The summed E-state index contributed by atoms with van der Waals surface area (Å²) in [5.41, 5.74) is 0.397. The van der Waals surface area contributed by atoms with Crippen LogP contribution in [0.5, 0.6) is 0 Å². The summed E-state index contributed by atoms with van der Waals surface area (Å²) in [6.45, 7) is 3.76. The van der Waals surface area contributed by atoms with E-state index in [0.717, 1.165) is 0 Å². The number of benzene rings is 1. The highest BCUT2D eigenvalue weighted by Crippen LogP contribution is 2.30. The van der Waals surface area contributed by atoms with Crippen LogP contribution in [0.1, 0.15) is 10.4 Å². The second-order valence-corrected chi connectivity index (χ2v) is 5.46. The monoisotopic (exact) mass is 368 g/mol. The minimum absolute atomic E-state index is 0.0213. The molecule has 0 amide bonds. The maximum atomic E-state index is 12.4. The maximum absolute atomic E-state index is 12.4. The van der Waals surface area contributed by atoms with Crippen LogP contribution in [0.3, 0.4) is 0 Å². The summed E-state index contributed by atoms with van der Waals surface area (Å²) >= 11 is 0. The van der Waals surface area contributed by atoms with Crippen molar-refractivity contribution in [2.75, 3.05) is 34.9 Å². The zero-order valence-corrected chi connectivity index (χ0v) is 15.1. The second-order valence-electron chi connectivity index (χ2n) is 5.46. The summed E-state index contributed by atoms with van der Waals surface area (Å²) in [5, 5.41) is 0. The molecule has 8 nitrogen and oxygen atoms in total. The average Bonchev–Trinajstić information content (AvgIpc) is 2.67. The van der Waals surface area contributed by atoms with Crippen LogP contribution in [0.4, 0.5) is 0 Å². The lowest BCUT2D eigenvalue weighted by molar-refractivity contribution is -0.281. The SMILES string of the molecule is C=C1O[C@H](OC)[C@@H](OCOC)[C@H](OCOC)[C@@H]1OC(=O)c1ccccc1. The van der Waals surface area contributed by atoms with Crippen molar-refractivity contribution in [1.82, 2.24) is 0 Å². The lowest BCUT2D eigenvalue weighted by Crippen LogP contribution is -2.56. The van der Waals surface area contributed by atoms with Crippen LogP contribution in [0.15, 0.2) is 42.7 Å². The Morgan fingerprint density at radius 3 is 2.23 bits per heavy atom. The van der Waals surface area contributed by atoms with Crippen molar-refractivity contribution in [1.29, 1.82) is 0 Å². The zero-order chi connectivity index (χ0) is 18.9. The summed E-state index contributed by atoms with van der Waals surface area (Å²) in [6, 6.07) is 8.59. The van der Waals surface area contributed by atoms with E-state index in [1.54, 1.807) is 24.3 Å². The molecule has 1 aliphatic rings. The Bertz CT molecular complexity index is 576. The lowest BCUT2D eigenvalue weighted by atomic mass is 10.0. The molecule has 1 saturated heterocycles. The number of carbonyl (C=O) groups is 1. The van der Waals surface area contributed by atoms with Crippen LogP contribution in [-0.2, 0) is 33.2 Å². The predicted octanol–water partition coefficient (Wildman–Crippen LogP) is 1.71. The summed E-state index contributed by atoms with van der Waals surface area (Å²) in [4.78, 5) is 12.4. The number of carbonyl (C=O) groups excluding carboxylic acids is 1. The maximum Gasteiger partial charge on any atom is 0.338 e. The first kappa shape index (κ1) is 20.3. The predicted molar refractivity (Wildman–Crippen MR) is 90.2 cm³/mol. The van der Waals surface area contributed by atoms with Crippen molar-refractivity contribution in [2.24, 2.45) is 0 Å². The summed E-state index contributed by atoms with van der Waals surface area (Å²) in [6.07, 6.45) is -3.20. The number of hydrogen-bond donors (Lipinski definition) is 0. The molecule has 1 heterocycles. The van der Waals surface area contributed by atoms with Crippen molar-refractivity contribution < 1.29 is 38.0 Å². The van der Waals surface area contributed by atoms with E-state index in [4.69, 9.17) is 33.2 Å². The number of ether oxygens (including phenoxy) is 7. The van der Waals surface area contributed by atoms with Crippen molar-refractivity contribution in [2.45, 2.75) is 24.6 Å². The molecule has 8 heteroatoms. The molecule has 0 N–H and O–H groups in total. The fourth-order valence-corrected chi connectivity index (χ4v) is 2.52. The molecule has 1 aliphatic heterocycles. The first-order valence-electron chi connectivity index (χ1n) is 7.97. The summed E-state index contributed by atoms with van der Waals surface area (Å²) in [7, 11) is 4.44. The van der Waals surface area contributed by atoms with Gasteiger partial charge in [0, 0.05) is 21.3 Å². The number of esters is 1. The van der Waals surface area contributed by atoms with E-state index in [1.807, 2.05) is 6.07 Å². The molecule has 0 aromatic heterocycles. The molecule has 144 valence electrons. The van der Waals surface area contributed by atoms with Crippen molar-refractivity contribution in [3.63, 3.8) is 0 Å². The minimum atomic E-state index is -0.911. The molecule has 1 aromatic rings. The van der Waals surface area contributed by atoms with Gasteiger partial charge in [0.2, 0.25) is 6.29 Å². The van der Waals surface area contributed by atoms with Gasteiger partial charge in [-0.05, 0) is 12.1 Å². The van der Waals surface area contributed by atoms with Crippen LogP contribution in [0.2, 0.25) is 0 Å². The Kier molecular flexibility index (Phi) is 8.02. The Morgan fingerprint density at radius 1 is 1.04 bits per heavy atom. The van der Waals surface area contributed by atoms with E-state index >= 15 is 0 Å². The fourth-order valence-electron chi connectivity index (χ4n) is 2.52. The van der Waals surface area contributed by atoms with Gasteiger partial charge in [-0.2, -0.15) is 0 Å². The van der Waals surface area contributed by atoms with Crippen LogP contribution >= 0.6 is 0 Å². The highest BCUT2D eigenvalue weighted by atomic mass is 16.7. The fraction of sp³-hybridized carbons (Fsp3) is 0.500. The molecule has 0 aliphatic carbocycles. The van der Waals surface area contributed by atoms with E-state index in [2.05, 4.69) is 6.58 Å². The van der Waals surface area contributed by atoms with E-state index in [9.17, 15) is 4.79 Å².